The molecule has 108 valence electrons. The van der Waals surface area contributed by atoms with Gasteiger partial charge in [0.2, 0.25) is 0 Å². The van der Waals surface area contributed by atoms with E-state index >= 15 is 0 Å². The molecule has 0 saturated heterocycles. The second-order valence-electron chi connectivity index (χ2n) is 3.00. The van der Waals surface area contributed by atoms with E-state index in [4.69, 9.17) is 29.8 Å². The van der Waals surface area contributed by atoms with E-state index in [1.807, 2.05) is 0 Å². The van der Waals surface area contributed by atoms with Gasteiger partial charge in [-0.3, -0.25) is 13.8 Å². The molecule has 2 atom stereocenters. The second-order valence-corrected chi connectivity index (χ2v) is 5.43. The normalized spacial score (nSPS) is 16.3. The fraction of sp³-hybridized carbons (Fsp3) is 0.800. The van der Waals surface area contributed by atoms with Gasteiger partial charge in [0.05, 0.1) is 6.61 Å². The Hall–Kier alpha value is -0.190. The molecule has 0 amide bonds. The number of aliphatic hydroxyl groups is 2. The highest BCUT2D eigenvalue weighted by molar-refractivity contribution is 7.46. The number of aliphatic hydroxyl groups excluding tert-OH is 2. The largest absolute Gasteiger partial charge is 0.470 e. The smallest absolute Gasteiger partial charge is 0.394 e. The molecule has 0 aromatic carbocycles. The number of hydrogen-bond donors (Lipinski definition) is 6. The van der Waals surface area contributed by atoms with Crippen LogP contribution < -0.4 is 0 Å². The fourth-order valence-corrected chi connectivity index (χ4v) is 1.67. The lowest BCUT2D eigenvalue weighted by Crippen LogP contribution is -2.40. The van der Waals surface area contributed by atoms with Gasteiger partial charge in [-0.15, -0.1) is 0 Å². The molecule has 0 aromatic heterocycles. The quantitative estimate of drug-likeness (QED) is 0.259. The molecule has 0 aromatic rings. The molecule has 0 saturated carbocycles. The SMILES string of the molecule is O=C(COP(=O)(O)O)[C@H](OP(=O)(O)O)[C@H](O)CO. The number of carbonyl (C=O) groups excluding carboxylic acids is 1. The van der Waals surface area contributed by atoms with Crippen molar-refractivity contribution in [1.82, 2.24) is 0 Å². The van der Waals surface area contributed by atoms with Crippen LogP contribution in [-0.4, -0.2) is 61.0 Å². The molecule has 0 bridgehead atoms. The van der Waals surface area contributed by atoms with E-state index in [1.165, 1.54) is 0 Å². The molecule has 0 aliphatic rings. The van der Waals surface area contributed by atoms with Crippen LogP contribution in [-0.2, 0) is 23.0 Å². The summed E-state index contributed by atoms with van der Waals surface area (Å²) in [6.45, 7) is -2.32. The molecule has 11 nitrogen and oxygen atoms in total. The van der Waals surface area contributed by atoms with E-state index < -0.39 is 46.9 Å². The summed E-state index contributed by atoms with van der Waals surface area (Å²) in [5, 5.41) is 17.6. The number of phosphoric ester groups is 2. The maximum absolute atomic E-state index is 11.3. The molecule has 13 heteroatoms. The zero-order valence-electron chi connectivity index (χ0n) is 8.69. The summed E-state index contributed by atoms with van der Waals surface area (Å²) in [6.07, 6.45) is -4.16. The minimum Gasteiger partial charge on any atom is -0.394 e. The molecule has 0 rings (SSSR count). The van der Waals surface area contributed by atoms with Gasteiger partial charge in [0.25, 0.3) is 0 Å². The predicted octanol–water partition coefficient (Wildman–Crippen LogP) is -2.50. The van der Waals surface area contributed by atoms with Crippen molar-refractivity contribution in [2.75, 3.05) is 13.2 Å². The van der Waals surface area contributed by atoms with Crippen molar-refractivity contribution in [3.8, 4) is 0 Å². The van der Waals surface area contributed by atoms with Gasteiger partial charge in [0, 0.05) is 0 Å². The molecule has 0 spiro atoms. The van der Waals surface area contributed by atoms with Gasteiger partial charge in [-0.05, 0) is 0 Å². The Morgan fingerprint density at radius 3 is 1.94 bits per heavy atom. The zero-order chi connectivity index (χ0) is 14.6. The molecular formula is C5H12O11P2. The van der Waals surface area contributed by atoms with Gasteiger partial charge in [-0.1, -0.05) is 0 Å². The monoisotopic (exact) mass is 310 g/mol. The van der Waals surface area contributed by atoms with Gasteiger partial charge < -0.3 is 29.8 Å². The van der Waals surface area contributed by atoms with Crippen molar-refractivity contribution >= 4 is 21.4 Å². The number of phosphoric acid groups is 2. The molecule has 18 heavy (non-hydrogen) atoms. The summed E-state index contributed by atoms with van der Waals surface area (Å²) in [4.78, 5) is 44.8. The minimum atomic E-state index is -5.15. The first-order valence-electron chi connectivity index (χ1n) is 4.22. The molecule has 0 heterocycles. The Kier molecular flexibility index (Phi) is 6.75. The molecular weight excluding hydrogens is 298 g/mol. The molecule has 6 N–H and O–H groups in total. The summed E-state index contributed by atoms with van der Waals surface area (Å²) in [5.41, 5.74) is 0. The third-order valence-electron chi connectivity index (χ3n) is 1.48. The van der Waals surface area contributed by atoms with Gasteiger partial charge in [0.15, 0.2) is 11.9 Å². The Balaban J connectivity index is 4.71. The van der Waals surface area contributed by atoms with Gasteiger partial charge in [-0.25, -0.2) is 9.13 Å². The molecule has 0 radical (unpaired) electrons. The third kappa shape index (κ3) is 8.01. The first-order chi connectivity index (χ1) is 7.96. The van der Waals surface area contributed by atoms with Crippen LogP contribution in [0, 0.1) is 0 Å². The van der Waals surface area contributed by atoms with E-state index in [1.54, 1.807) is 0 Å². The summed E-state index contributed by atoms with van der Waals surface area (Å²) in [6, 6.07) is 0. The number of carbonyl (C=O) groups is 1. The van der Waals surface area contributed by atoms with Crippen molar-refractivity contribution in [3.05, 3.63) is 0 Å². The minimum absolute atomic E-state index is 1.06. The average molecular weight is 310 g/mol. The highest BCUT2D eigenvalue weighted by atomic mass is 31.2. The van der Waals surface area contributed by atoms with Crippen molar-refractivity contribution in [2.24, 2.45) is 0 Å². The van der Waals surface area contributed by atoms with Crippen LogP contribution in [0.3, 0.4) is 0 Å². The lowest BCUT2D eigenvalue weighted by atomic mass is 10.1. The predicted molar refractivity (Wildman–Crippen MR) is 53.0 cm³/mol. The number of hydrogen-bond acceptors (Lipinski definition) is 7. The zero-order valence-corrected chi connectivity index (χ0v) is 10.5. The Morgan fingerprint density at radius 2 is 1.61 bits per heavy atom. The molecule has 0 unspecified atom stereocenters. The average Bonchev–Trinajstić information content (AvgIpc) is 2.19. The molecule has 0 aliphatic heterocycles. The van der Waals surface area contributed by atoms with Crippen LogP contribution in [0.5, 0.6) is 0 Å². The topological polar surface area (TPSA) is 191 Å². The first-order valence-corrected chi connectivity index (χ1v) is 7.28. The van der Waals surface area contributed by atoms with E-state index in [0.29, 0.717) is 0 Å². The standard InChI is InChI=1S/C5H12O11P2/c6-1-3(7)5(16-18(12,13)14)4(8)2-15-17(9,10)11/h3,5-7H,1-2H2,(H2,9,10,11)(H2,12,13,14)/t3-,5-/m1/s1. The maximum Gasteiger partial charge on any atom is 0.470 e. The van der Waals surface area contributed by atoms with Crippen LogP contribution in [0.4, 0.5) is 0 Å². The van der Waals surface area contributed by atoms with Crippen LogP contribution in [0.2, 0.25) is 0 Å². The summed E-state index contributed by atoms with van der Waals surface area (Å²) >= 11 is 0. The summed E-state index contributed by atoms with van der Waals surface area (Å²) in [7, 11) is -10.1. The first kappa shape index (κ1) is 17.8. The number of rotatable bonds is 8. The van der Waals surface area contributed by atoms with Gasteiger partial charge in [0.1, 0.15) is 12.7 Å². The summed E-state index contributed by atoms with van der Waals surface area (Å²) in [5.74, 6) is -1.36. The maximum atomic E-state index is 11.3. The summed E-state index contributed by atoms with van der Waals surface area (Å²) < 4.78 is 28.5. The van der Waals surface area contributed by atoms with Gasteiger partial charge >= 0.3 is 15.6 Å². The Labute approximate surface area is 100 Å². The van der Waals surface area contributed by atoms with Crippen LogP contribution in [0.1, 0.15) is 0 Å². The van der Waals surface area contributed by atoms with Crippen LogP contribution >= 0.6 is 15.6 Å². The van der Waals surface area contributed by atoms with E-state index in [0.717, 1.165) is 0 Å². The highest BCUT2D eigenvalue weighted by Gasteiger charge is 2.34. The van der Waals surface area contributed by atoms with Crippen molar-refractivity contribution in [1.29, 1.82) is 0 Å². The van der Waals surface area contributed by atoms with Crippen molar-refractivity contribution in [2.45, 2.75) is 12.2 Å². The van der Waals surface area contributed by atoms with Crippen LogP contribution in [0.15, 0.2) is 0 Å². The molecule has 0 aliphatic carbocycles. The number of Topliss-reactive ketones (excluding diaryl/α,β-unsaturated/α-hetero) is 1. The van der Waals surface area contributed by atoms with Crippen LogP contribution in [0.25, 0.3) is 0 Å². The van der Waals surface area contributed by atoms with Gasteiger partial charge in [-0.2, -0.15) is 0 Å². The Morgan fingerprint density at radius 1 is 1.11 bits per heavy atom. The lowest BCUT2D eigenvalue weighted by Gasteiger charge is -2.20. The van der Waals surface area contributed by atoms with E-state index in [9.17, 15) is 13.9 Å². The third-order valence-corrected chi connectivity index (χ3v) is 2.45. The van der Waals surface area contributed by atoms with Crippen molar-refractivity contribution in [3.63, 3.8) is 0 Å². The highest BCUT2D eigenvalue weighted by Crippen LogP contribution is 2.39. The second kappa shape index (κ2) is 6.83. The van der Waals surface area contributed by atoms with E-state index in [-0.39, 0.29) is 0 Å². The lowest BCUT2D eigenvalue weighted by molar-refractivity contribution is -0.136. The Bertz CT molecular complexity index is 368. The fourth-order valence-electron chi connectivity index (χ4n) is 0.817. The van der Waals surface area contributed by atoms with Crippen molar-refractivity contribution < 1.29 is 52.8 Å². The van der Waals surface area contributed by atoms with E-state index in [2.05, 4.69) is 9.05 Å². The number of ketones is 1. The molecule has 0 fully saturated rings.